The molecule has 2 heterocycles. The first-order valence-electron chi connectivity index (χ1n) is 22.4. The molecule has 0 spiro atoms. The number of rotatable bonds is 20. The third-order valence-electron chi connectivity index (χ3n) is 11.0. The maximum atomic E-state index is 14.7. The molecule has 4 aromatic rings. The van der Waals surface area contributed by atoms with Crippen LogP contribution in [0.15, 0.2) is 66.9 Å². The van der Waals surface area contributed by atoms with Crippen LogP contribution in [0.1, 0.15) is 72.8 Å². The third kappa shape index (κ3) is 13.5. The molecule has 3 aromatic carbocycles. The van der Waals surface area contributed by atoms with Crippen molar-refractivity contribution in [3.63, 3.8) is 0 Å². The lowest BCUT2D eigenvalue weighted by atomic mass is 9.93. The fourth-order valence-corrected chi connectivity index (χ4v) is 7.44. The van der Waals surface area contributed by atoms with Gasteiger partial charge in [-0.2, -0.15) is 5.26 Å². The van der Waals surface area contributed by atoms with Crippen LogP contribution in [0, 0.1) is 18.3 Å². The van der Waals surface area contributed by atoms with E-state index in [1.54, 1.807) is 43.3 Å². The first-order valence-corrected chi connectivity index (χ1v) is 22.4. The number of hydrogen-bond acceptors (Lipinski definition) is 14. The van der Waals surface area contributed by atoms with E-state index in [9.17, 15) is 24.0 Å². The van der Waals surface area contributed by atoms with E-state index < -0.39 is 53.7 Å². The van der Waals surface area contributed by atoms with Gasteiger partial charge in [0.1, 0.15) is 61.2 Å². The van der Waals surface area contributed by atoms with E-state index in [-0.39, 0.29) is 57.8 Å². The van der Waals surface area contributed by atoms with Gasteiger partial charge in [-0.05, 0) is 92.9 Å². The molecule has 4 bridgehead atoms. The molecule has 19 heteroatoms. The van der Waals surface area contributed by atoms with Crippen molar-refractivity contribution in [2.45, 2.75) is 77.0 Å². The predicted octanol–water partition coefficient (Wildman–Crippen LogP) is 2.20. The Labute approximate surface area is 390 Å². The first kappa shape index (κ1) is 50.9. The Balaban J connectivity index is 1.51. The summed E-state index contributed by atoms with van der Waals surface area (Å²) in [6, 6.07) is 14.4. The zero-order chi connectivity index (χ0) is 48.5. The summed E-state index contributed by atoms with van der Waals surface area (Å²) in [4.78, 5) is 80.4. The Morgan fingerprint density at radius 2 is 1.58 bits per heavy atom. The number of hydrogen-bond donors (Lipinski definition) is 7. The van der Waals surface area contributed by atoms with Gasteiger partial charge in [0, 0.05) is 49.4 Å². The minimum atomic E-state index is -1.41. The summed E-state index contributed by atoms with van der Waals surface area (Å²) in [6.45, 7) is 6.20. The van der Waals surface area contributed by atoms with Crippen molar-refractivity contribution < 1.29 is 38.2 Å². The van der Waals surface area contributed by atoms with Crippen molar-refractivity contribution in [2.24, 2.45) is 17.2 Å². The van der Waals surface area contributed by atoms with Gasteiger partial charge in [-0.15, -0.1) is 0 Å². The molecule has 5 amide bonds. The Hall–Kier alpha value is -7.14. The number of likely N-dealkylation sites (N-methyl/N-ethyl adjacent to an activating group) is 1. The van der Waals surface area contributed by atoms with Crippen LogP contribution < -0.4 is 52.7 Å². The molecule has 0 saturated carbocycles. The maximum Gasteiger partial charge on any atom is 0.255 e. The summed E-state index contributed by atoms with van der Waals surface area (Å²) in [5, 5.41) is 19.9. The highest BCUT2D eigenvalue weighted by Crippen LogP contribution is 2.40. The normalized spacial score (nSPS) is 16.2. The SMILES string of the molecule is CCCCCOc1ccc(-c2ncc(C(=O)NC(CCN)C(=O)N(C)[C@@H]3C(=O)N[C@@H](C)C(=O)N[C@H](C(=O)NCC#N)Cc4ccc(OCCN)c(c4)-c4cc3ccc4OCCN)c(C)n2)cc1. The number of fused-ring (bicyclic) bond motifs is 5. The lowest BCUT2D eigenvalue weighted by molar-refractivity contribution is -0.141. The predicted molar refractivity (Wildman–Crippen MR) is 251 cm³/mol. The topological polar surface area (TPSA) is 292 Å². The minimum Gasteiger partial charge on any atom is -0.494 e. The molecule has 0 fully saturated rings. The molecular formula is C48H61N11O8. The van der Waals surface area contributed by atoms with E-state index in [0.717, 1.165) is 30.6 Å². The van der Waals surface area contributed by atoms with Crippen molar-refractivity contribution in [2.75, 3.05) is 53.0 Å². The number of aromatic nitrogens is 2. The molecule has 4 atom stereocenters. The Morgan fingerprint density at radius 1 is 0.896 bits per heavy atom. The quantitative estimate of drug-likeness (QED) is 0.0494. The highest BCUT2D eigenvalue weighted by molar-refractivity contribution is 6.00. The summed E-state index contributed by atoms with van der Waals surface area (Å²) < 4.78 is 18.0. The van der Waals surface area contributed by atoms with Crippen LogP contribution in [0.25, 0.3) is 22.5 Å². The van der Waals surface area contributed by atoms with Gasteiger partial charge in [-0.25, -0.2) is 9.97 Å². The van der Waals surface area contributed by atoms with Crippen molar-refractivity contribution in [3.05, 3.63) is 89.2 Å². The Kier molecular flexibility index (Phi) is 18.9. The number of nitrogens with one attached hydrogen (secondary N) is 4. The number of unbranched alkanes of at least 4 members (excludes halogenated alkanes) is 2. The van der Waals surface area contributed by atoms with Crippen molar-refractivity contribution >= 4 is 29.5 Å². The van der Waals surface area contributed by atoms with Gasteiger partial charge in [0.2, 0.25) is 23.6 Å². The second-order valence-corrected chi connectivity index (χ2v) is 16.0. The van der Waals surface area contributed by atoms with Gasteiger partial charge in [-0.1, -0.05) is 31.9 Å². The number of nitrogens with zero attached hydrogens (tertiary/aromatic N) is 4. The molecule has 1 aliphatic rings. The van der Waals surface area contributed by atoms with Crippen LogP contribution >= 0.6 is 0 Å². The first-order chi connectivity index (χ1) is 32.3. The molecule has 356 valence electrons. The molecule has 0 radical (unpaired) electrons. The molecule has 1 aromatic heterocycles. The van der Waals surface area contributed by atoms with E-state index in [0.29, 0.717) is 51.9 Å². The molecule has 1 unspecified atom stereocenters. The zero-order valence-electron chi connectivity index (χ0n) is 38.4. The number of carbonyl (C=O) groups is 5. The summed E-state index contributed by atoms with van der Waals surface area (Å²) >= 11 is 0. The largest absolute Gasteiger partial charge is 0.494 e. The van der Waals surface area contributed by atoms with Gasteiger partial charge in [0.25, 0.3) is 5.91 Å². The number of benzene rings is 3. The molecule has 10 N–H and O–H groups in total. The van der Waals surface area contributed by atoms with E-state index in [1.807, 2.05) is 30.3 Å². The van der Waals surface area contributed by atoms with Crippen LogP contribution in [0.4, 0.5) is 0 Å². The van der Waals surface area contributed by atoms with Crippen LogP contribution in [0.2, 0.25) is 0 Å². The number of ether oxygens (including phenoxy) is 3. The summed E-state index contributed by atoms with van der Waals surface area (Å²) in [5.41, 5.74) is 20.7. The van der Waals surface area contributed by atoms with Crippen molar-refractivity contribution in [1.82, 2.24) is 36.1 Å². The molecule has 19 nitrogen and oxygen atoms in total. The highest BCUT2D eigenvalue weighted by atomic mass is 16.5. The number of nitriles is 1. The standard InChI is InChI=1S/C48H61N11O8/c1-5-6-7-22-65-34-12-9-32(10-13-34)43-54-28-37(29(2)55-43)45(61)57-38(16-17-49)48(64)59(4)42-33-11-15-41(67-24-20-52)36(27-33)35-25-31(8-14-40(35)66-23-19-51)26-39(46(62)53-21-18-50)58-44(60)30(3)56-47(42)63/h8-15,25,27-28,30,38-39,42H,5-7,16-17,19-24,26,49,51-52H2,1-4H3,(H,53,62)(H,56,63)(H,57,61)(H,58,60)/t30-,38?,39-,42-/m0/s1. The monoisotopic (exact) mass is 919 g/mol. The molecule has 67 heavy (non-hydrogen) atoms. The summed E-state index contributed by atoms with van der Waals surface area (Å²) in [5.74, 6) is -1.51. The number of amides is 5. The molecule has 5 rings (SSSR count). The van der Waals surface area contributed by atoms with E-state index in [1.165, 1.54) is 25.1 Å². The smallest absolute Gasteiger partial charge is 0.255 e. The van der Waals surface area contributed by atoms with Gasteiger partial charge >= 0.3 is 0 Å². The molecule has 0 saturated heterocycles. The lowest BCUT2D eigenvalue weighted by Gasteiger charge is -2.32. The van der Waals surface area contributed by atoms with Crippen LogP contribution in [-0.4, -0.2) is 116 Å². The average molecular weight is 920 g/mol. The van der Waals surface area contributed by atoms with E-state index >= 15 is 0 Å². The third-order valence-corrected chi connectivity index (χ3v) is 11.0. The van der Waals surface area contributed by atoms with Crippen molar-refractivity contribution in [3.8, 4) is 45.8 Å². The Bertz CT molecular complexity index is 2410. The Morgan fingerprint density at radius 3 is 2.22 bits per heavy atom. The maximum absolute atomic E-state index is 14.7. The zero-order valence-corrected chi connectivity index (χ0v) is 38.4. The average Bonchev–Trinajstić information content (AvgIpc) is 3.32. The van der Waals surface area contributed by atoms with Gasteiger partial charge in [-0.3, -0.25) is 24.0 Å². The molecular weight excluding hydrogens is 859 g/mol. The second-order valence-electron chi connectivity index (χ2n) is 16.0. The van der Waals surface area contributed by atoms with Gasteiger partial charge in [0.05, 0.1) is 23.9 Å². The van der Waals surface area contributed by atoms with Crippen molar-refractivity contribution in [1.29, 1.82) is 5.26 Å². The van der Waals surface area contributed by atoms with E-state index in [2.05, 4.69) is 38.2 Å². The number of carbonyl (C=O) groups excluding carboxylic acids is 5. The molecule has 1 aliphatic heterocycles. The van der Waals surface area contributed by atoms with Crippen LogP contribution in [0.5, 0.6) is 17.2 Å². The van der Waals surface area contributed by atoms with E-state index in [4.69, 9.17) is 36.7 Å². The fraction of sp³-hybridized carbons (Fsp3) is 0.417. The summed E-state index contributed by atoms with van der Waals surface area (Å²) in [6.07, 6.45) is 4.53. The highest BCUT2D eigenvalue weighted by Gasteiger charge is 2.36. The summed E-state index contributed by atoms with van der Waals surface area (Å²) in [7, 11) is 1.41. The second kappa shape index (κ2) is 25.0. The van der Waals surface area contributed by atoms with Crippen LogP contribution in [-0.2, 0) is 25.6 Å². The minimum absolute atomic E-state index is 0.000635. The molecule has 0 aliphatic carbocycles. The number of aryl methyl sites for hydroxylation is 1. The number of nitrogens with two attached hydrogens (primary N) is 3. The van der Waals surface area contributed by atoms with Gasteiger partial charge < -0.3 is 57.6 Å². The van der Waals surface area contributed by atoms with Gasteiger partial charge in [0.15, 0.2) is 5.82 Å². The fourth-order valence-electron chi connectivity index (χ4n) is 7.44. The lowest BCUT2D eigenvalue weighted by Crippen LogP contribution is -2.56. The van der Waals surface area contributed by atoms with Crippen LogP contribution in [0.3, 0.4) is 0 Å².